The summed E-state index contributed by atoms with van der Waals surface area (Å²) in [6.07, 6.45) is -3.11. The monoisotopic (exact) mass is 720 g/mol. The minimum absolute atomic E-state index is 0.235. The standard InChI is InChI=1S/C35H44O16/c1-8-15(2)24(38)49-18-12-19(48-16(3)36)32(26(39)43-6)13-46-21-22(32)31(18)14-47-34(42,27(40)44-7)25(31)29(4,23(21)37)35-20-11-17(30(35,5)51-35)33(41)9-10-45-28(33)50-20/h8-10,17-23,25,28,37,41-42H,11-14H2,1-7H3/b15-8+/t17?,18-,19+,20?,21+,22+,23+,25-,28-,29+,30?,31-,32-,33?,34-,35-/m0/s1. The number of rotatable bonds is 6. The Morgan fingerprint density at radius 1 is 0.961 bits per heavy atom. The summed E-state index contributed by atoms with van der Waals surface area (Å²) in [7, 11) is 2.23. The van der Waals surface area contributed by atoms with Gasteiger partial charge in [-0.2, -0.15) is 0 Å². The molecule has 16 atom stereocenters. The molecular weight excluding hydrogens is 676 g/mol. The average Bonchev–Trinajstić information content (AvgIpc) is 3.47. The Balaban J connectivity index is 1.40. The fourth-order valence-corrected chi connectivity index (χ4v) is 12.2. The van der Waals surface area contributed by atoms with Crippen molar-refractivity contribution in [2.45, 2.75) is 107 Å². The van der Waals surface area contributed by atoms with Crippen LogP contribution in [0.3, 0.4) is 0 Å². The van der Waals surface area contributed by atoms with Crippen LogP contribution in [0.15, 0.2) is 24.0 Å². The van der Waals surface area contributed by atoms with Crippen LogP contribution in [0.1, 0.15) is 47.5 Å². The Kier molecular flexibility index (Phi) is 7.20. The molecule has 7 fully saturated rings. The van der Waals surface area contributed by atoms with Crippen LogP contribution in [0, 0.1) is 34.0 Å². The van der Waals surface area contributed by atoms with Gasteiger partial charge in [0.2, 0.25) is 6.29 Å². The van der Waals surface area contributed by atoms with Crippen molar-refractivity contribution in [3.05, 3.63) is 24.0 Å². The first-order chi connectivity index (χ1) is 23.9. The molecule has 3 aliphatic carbocycles. The van der Waals surface area contributed by atoms with Crippen LogP contribution < -0.4 is 0 Å². The third kappa shape index (κ3) is 3.65. The summed E-state index contributed by atoms with van der Waals surface area (Å²) in [4.78, 5) is 54.4. The number of esters is 4. The fraction of sp³-hybridized carbons (Fsp3) is 0.771. The maximum Gasteiger partial charge on any atom is 0.366 e. The van der Waals surface area contributed by atoms with Crippen molar-refractivity contribution in [2.75, 3.05) is 27.4 Å². The number of carbonyl (C=O) groups is 4. The van der Waals surface area contributed by atoms with Crippen LogP contribution in [-0.4, -0.2) is 126 Å². The van der Waals surface area contributed by atoms with Gasteiger partial charge in [-0.25, -0.2) is 9.59 Å². The molecular formula is C35H44O16. The SMILES string of the molecule is C/C=C(\C)C(=O)O[C@H]1C[C@@H](OC(C)=O)[C@@]2(C(=O)OC)CO[C@H]3[C@@H](O)[C@@](C)([C@]45OC4(C)C4CC5O[C@@H]5OC=CC45O)[C@H]4[C@]1(CO[C@]4(O)C(=O)OC)[C@@H]32. The Morgan fingerprint density at radius 2 is 1.67 bits per heavy atom. The van der Waals surface area contributed by atoms with E-state index < -0.39 is 130 Å². The molecule has 4 saturated heterocycles. The molecule has 1 spiro atoms. The second-order valence-corrected chi connectivity index (χ2v) is 15.8. The number of fused-ring (bicyclic) bond motifs is 7. The van der Waals surface area contributed by atoms with Gasteiger partial charge in [0.25, 0.3) is 5.79 Å². The molecule has 280 valence electrons. The van der Waals surface area contributed by atoms with Crippen molar-refractivity contribution in [1.82, 2.24) is 0 Å². The number of aliphatic hydroxyl groups is 3. The molecule has 3 saturated carbocycles. The second-order valence-electron chi connectivity index (χ2n) is 15.8. The van der Waals surface area contributed by atoms with Crippen molar-refractivity contribution in [2.24, 2.45) is 34.0 Å². The van der Waals surface area contributed by atoms with Gasteiger partial charge < -0.3 is 58.0 Å². The highest BCUT2D eigenvalue weighted by molar-refractivity contribution is 5.88. The van der Waals surface area contributed by atoms with Gasteiger partial charge in [0.15, 0.2) is 5.60 Å². The van der Waals surface area contributed by atoms with Crippen LogP contribution in [0.2, 0.25) is 0 Å². The van der Waals surface area contributed by atoms with Crippen molar-refractivity contribution in [1.29, 1.82) is 0 Å². The largest absolute Gasteiger partial charge is 0.469 e. The van der Waals surface area contributed by atoms with E-state index in [1.54, 1.807) is 33.8 Å². The van der Waals surface area contributed by atoms with E-state index in [1.165, 1.54) is 19.3 Å². The predicted octanol–water partition coefficient (Wildman–Crippen LogP) is -0.203. The highest BCUT2D eigenvalue weighted by Crippen LogP contribution is 2.83. The molecule has 0 amide bonds. The Hall–Kier alpha value is -3.12. The molecule has 16 nitrogen and oxygen atoms in total. The number of epoxide rings is 1. The summed E-state index contributed by atoms with van der Waals surface area (Å²) in [6.45, 7) is 6.88. The first kappa shape index (κ1) is 34.9. The number of methoxy groups -OCH3 is 2. The number of allylic oxidation sites excluding steroid dienone is 1. The summed E-state index contributed by atoms with van der Waals surface area (Å²) < 4.78 is 54.0. The third-order valence-electron chi connectivity index (χ3n) is 14.1. The summed E-state index contributed by atoms with van der Waals surface area (Å²) in [5.74, 6) is -9.76. The van der Waals surface area contributed by atoms with Gasteiger partial charge in [0.1, 0.15) is 28.8 Å². The molecule has 16 heteroatoms. The summed E-state index contributed by atoms with van der Waals surface area (Å²) in [5, 5.41) is 37.4. The molecule has 8 rings (SSSR count). The van der Waals surface area contributed by atoms with E-state index in [-0.39, 0.29) is 18.4 Å². The van der Waals surface area contributed by atoms with Gasteiger partial charge in [-0.05, 0) is 33.3 Å². The zero-order chi connectivity index (χ0) is 36.9. The maximum absolute atomic E-state index is 14.2. The summed E-state index contributed by atoms with van der Waals surface area (Å²) in [6, 6.07) is 0. The van der Waals surface area contributed by atoms with Crippen LogP contribution in [0.5, 0.6) is 0 Å². The molecule has 0 aromatic rings. The van der Waals surface area contributed by atoms with Crippen molar-refractivity contribution in [3.8, 4) is 0 Å². The quantitative estimate of drug-likeness (QED) is 0.140. The van der Waals surface area contributed by atoms with Crippen LogP contribution in [0.4, 0.5) is 0 Å². The molecule has 0 aromatic carbocycles. The van der Waals surface area contributed by atoms with E-state index in [9.17, 15) is 34.5 Å². The minimum atomic E-state index is -2.82. The summed E-state index contributed by atoms with van der Waals surface area (Å²) in [5.41, 5.74) is -9.47. The van der Waals surface area contributed by atoms with Crippen LogP contribution in [0.25, 0.3) is 0 Å². The van der Waals surface area contributed by atoms with E-state index >= 15 is 0 Å². The fourth-order valence-electron chi connectivity index (χ4n) is 12.2. The first-order valence-corrected chi connectivity index (χ1v) is 17.2. The van der Waals surface area contributed by atoms with E-state index in [2.05, 4.69) is 0 Å². The molecule has 0 aromatic heterocycles. The Labute approximate surface area is 293 Å². The first-order valence-electron chi connectivity index (χ1n) is 17.2. The van der Waals surface area contributed by atoms with Crippen molar-refractivity contribution < 1.29 is 77.1 Å². The third-order valence-corrected chi connectivity index (χ3v) is 14.1. The molecule has 4 unspecified atom stereocenters. The van der Waals surface area contributed by atoms with E-state index in [1.807, 2.05) is 0 Å². The minimum Gasteiger partial charge on any atom is -0.469 e. The van der Waals surface area contributed by atoms with Gasteiger partial charge >= 0.3 is 23.9 Å². The molecule has 3 N–H and O–H groups in total. The molecule has 0 radical (unpaired) electrons. The van der Waals surface area contributed by atoms with Gasteiger partial charge in [-0.3, -0.25) is 9.59 Å². The zero-order valence-electron chi connectivity index (χ0n) is 29.4. The molecule has 5 aliphatic heterocycles. The molecule has 5 heterocycles. The predicted molar refractivity (Wildman–Crippen MR) is 164 cm³/mol. The lowest BCUT2D eigenvalue weighted by Crippen LogP contribution is -2.79. The topological polar surface area (TPSA) is 215 Å². The lowest BCUT2D eigenvalue weighted by atomic mass is 9.37. The maximum atomic E-state index is 14.2. The normalized spacial score (nSPS) is 53.9. The van der Waals surface area contributed by atoms with Crippen molar-refractivity contribution in [3.63, 3.8) is 0 Å². The van der Waals surface area contributed by atoms with Crippen molar-refractivity contribution >= 4 is 23.9 Å². The van der Waals surface area contributed by atoms with E-state index in [4.69, 9.17) is 42.6 Å². The number of hydrogen-bond acceptors (Lipinski definition) is 16. The number of hydrogen-bond donors (Lipinski definition) is 3. The number of ether oxygens (including phenoxy) is 9. The molecule has 2 bridgehead atoms. The van der Waals surface area contributed by atoms with Gasteiger partial charge in [0, 0.05) is 47.5 Å². The Morgan fingerprint density at radius 3 is 2.31 bits per heavy atom. The summed E-state index contributed by atoms with van der Waals surface area (Å²) >= 11 is 0. The van der Waals surface area contributed by atoms with Crippen LogP contribution >= 0.6 is 0 Å². The average molecular weight is 721 g/mol. The van der Waals surface area contributed by atoms with Crippen LogP contribution in [-0.2, 0) is 61.8 Å². The molecule has 8 aliphatic rings. The highest BCUT2D eigenvalue weighted by Gasteiger charge is 2.97. The smallest absolute Gasteiger partial charge is 0.366 e. The van der Waals surface area contributed by atoms with Gasteiger partial charge in [-0.15, -0.1) is 0 Å². The zero-order valence-corrected chi connectivity index (χ0v) is 29.4. The van der Waals surface area contributed by atoms with E-state index in [0.29, 0.717) is 0 Å². The number of aliphatic hydroxyl groups excluding tert-OH is 1. The lowest BCUT2D eigenvalue weighted by molar-refractivity contribution is -0.314. The van der Waals surface area contributed by atoms with E-state index in [0.717, 1.165) is 14.2 Å². The lowest BCUT2D eigenvalue weighted by Gasteiger charge is -2.65. The van der Waals surface area contributed by atoms with Gasteiger partial charge in [0.05, 0.1) is 52.0 Å². The highest BCUT2D eigenvalue weighted by atomic mass is 16.7. The Bertz CT molecular complexity index is 1660. The second kappa shape index (κ2) is 10.5. The number of carbonyl (C=O) groups excluding carboxylic acids is 4. The molecule has 51 heavy (non-hydrogen) atoms. The van der Waals surface area contributed by atoms with Gasteiger partial charge in [-0.1, -0.05) is 13.0 Å².